The number of rotatable bonds is 5. The third-order valence-electron chi connectivity index (χ3n) is 3.10. The molecule has 0 bridgehead atoms. The Balaban J connectivity index is 1.95. The molecule has 1 aliphatic heterocycles. The number of likely N-dealkylation sites (N-methyl/N-ethyl adjacent to an activating group) is 1. The molecule has 0 saturated carbocycles. The standard InChI is InChI=1S/C13H18FN3O3/c1-16(9-12(18)19)7-10-8-17(5-6-20-10)13-11(14)3-2-4-15-13/h2-4,10H,5-9H2,1H3,(H,18,19). The van der Waals surface area contributed by atoms with Crippen LogP contribution in [0.15, 0.2) is 18.3 Å². The zero-order valence-corrected chi connectivity index (χ0v) is 11.3. The number of aliphatic carboxylic acids is 1. The van der Waals surface area contributed by atoms with Crippen molar-refractivity contribution in [2.45, 2.75) is 6.10 Å². The van der Waals surface area contributed by atoms with Crippen molar-refractivity contribution >= 4 is 11.8 Å². The predicted octanol–water partition coefficient (Wildman–Crippen LogP) is 0.442. The number of anilines is 1. The third-order valence-corrected chi connectivity index (χ3v) is 3.10. The molecule has 0 aliphatic carbocycles. The number of aromatic nitrogens is 1. The highest BCUT2D eigenvalue weighted by molar-refractivity contribution is 5.69. The summed E-state index contributed by atoms with van der Waals surface area (Å²) in [7, 11) is 1.72. The van der Waals surface area contributed by atoms with E-state index in [0.29, 0.717) is 32.1 Å². The molecule has 6 nitrogen and oxygen atoms in total. The Labute approximate surface area is 116 Å². The monoisotopic (exact) mass is 283 g/mol. The normalized spacial score (nSPS) is 19.4. The van der Waals surface area contributed by atoms with Crippen LogP contribution in [0, 0.1) is 5.82 Å². The van der Waals surface area contributed by atoms with Crippen LogP contribution in [0.25, 0.3) is 0 Å². The first kappa shape index (κ1) is 14.7. The summed E-state index contributed by atoms with van der Waals surface area (Å²) in [5.41, 5.74) is 0. The Morgan fingerprint density at radius 2 is 2.50 bits per heavy atom. The van der Waals surface area contributed by atoms with Gasteiger partial charge in [-0.2, -0.15) is 0 Å². The van der Waals surface area contributed by atoms with Gasteiger partial charge in [0, 0.05) is 25.8 Å². The van der Waals surface area contributed by atoms with Gasteiger partial charge < -0.3 is 14.7 Å². The number of carboxylic acids is 1. The molecule has 0 radical (unpaired) electrons. The van der Waals surface area contributed by atoms with Gasteiger partial charge in [-0.3, -0.25) is 9.69 Å². The maximum atomic E-state index is 13.7. The summed E-state index contributed by atoms with van der Waals surface area (Å²) in [6.45, 7) is 1.99. The molecule has 7 heteroatoms. The van der Waals surface area contributed by atoms with Gasteiger partial charge in [-0.25, -0.2) is 9.37 Å². The Hall–Kier alpha value is -1.73. The van der Waals surface area contributed by atoms with Crippen LogP contribution in [0.3, 0.4) is 0 Å². The van der Waals surface area contributed by atoms with Crippen molar-refractivity contribution in [3.63, 3.8) is 0 Å². The van der Waals surface area contributed by atoms with Crippen molar-refractivity contribution in [3.05, 3.63) is 24.1 Å². The fourth-order valence-corrected chi connectivity index (χ4v) is 2.28. The number of carbonyl (C=O) groups is 1. The van der Waals surface area contributed by atoms with Gasteiger partial charge in [0.05, 0.1) is 19.3 Å². The van der Waals surface area contributed by atoms with Crippen molar-refractivity contribution < 1.29 is 19.0 Å². The summed E-state index contributed by atoms with van der Waals surface area (Å²) in [5.74, 6) is -0.912. The molecule has 0 spiro atoms. The number of halogens is 1. The van der Waals surface area contributed by atoms with Crippen LogP contribution in [0.5, 0.6) is 0 Å². The van der Waals surface area contributed by atoms with E-state index in [4.69, 9.17) is 9.84 Å². The highest BCUT2D eigenvalue weighted by Gasteiger charge is 2.24. The zero-order chi connectivity index (χ0) is 14.5. The van der Waals surface area contributed by atoms with E-state index in [1.807, 2.05) is 4.90 Å². The first-order valence-corrected chi connectivity index (χ1v) is 6.43. The maximum absolute atomic E-state index is 13.7. The molecule has 0 amide bonds. The van der Waals surface area contributed by atoms with E-state index in [2.05, 4.69) is 4.98 Å². The van der Waals surface area contributed by atoms with Crippen LogP contribution in [0.4, 0.5) is 10.2 Å². The number of nitrogens with zero attached hydrogens (tertiary/aromatic N) is 3. The predicted molar refractivity (Wildman–Crippen MR) is 71.3 cm³/mol. The summed E-state index contributed by atoms with van der Waals surface area (Å²) in [6, 6.07) is 2.93. The third kappa shape index (κ3) is 3.88. The summed E-state index contributed by atoms with van der Waals surface area (Å²) >= 11 is 0. The minimum atomic E-state index is -0.879. The second-order valence-electron chi connectivity index (χ2n) is 4.84. The number of pyridine rings is 1. The lowest BCUT2D eigenvalue weighted by atomic mass is 10.2. The summed E-state index contributed by atoms with van der Waals surface area (Å²) in [5, 5.41) is 8.73. The Morgan fingerprint density at radius 3 is 3.20 bits per heavy atom. The van der Waals surface area contributed by atoms with Gasteiger partial charge in [-0.15, -0.1) is 0 Å². The minimum absolute atomic E-state index is 0.0438. The maximum Gasteiger partial charge on any atom is 0.317 e. The summed E-state index contributed by atoms with van der Waals surface area (Å²) in [4.78, 5) is 18.2. The molecule has 1 saturated heterocycles. The van der Waals surface area contributed by atoms with Crippen LogP contribution < -0.4 is 4.90 Å². The molecule has 1 fully saturated rings. The quantitative estimate of drug-likeness (QED) is 0.846. The lowest BCUT2D eigenvalue weighted by Crippen LogP contribution is -2.48. The van der Waals surface area contributed by atoms with E-state index < -0.39 is 5.97 Å². The molecule has 1 atom stereocenters. The van der Waals surface area contributed by atoms with Crippen molar-refractivity contribution in [1.82, 2.24) is 9.88 Å². The average Bonchev–Trinajstić information content (AvgIpc) is 2.38. The van der Waals surface area contributed by atoms with E-state index in [1.54, 1.807) is 24.2 Å². The number of carboxylic acid groups (broad SMARTS) is 1. The molecular formula is C13H18FN3O3. The highest BCUT2D eigenvalue weighted by Crippen LogP contribution is 2.18. The van der Waals surface area contributed by atoms with Gasteiger partial charge in [0.2, 0.25) is 0 Å². The zero-order valence-electron chi connectivity index (χ0n) is 11.3. The van der Waals surface area contributed by atoms with Gasteiger partial charge in [-0.05, 0) is 19.2 Å². The number of hydrogen-bond donors (Lipinski definition) is 1. The summed E-state index contributed by atoms with van der Waals surface area (Å²) < 4.78 is 19.3. The van der Waals surface area contributed by atoms with Crippen molar-refractivity contribution in [1.29, 1.82) is 0 Å². The van der Waals surface area contributed by atoms with Gasteiger partial charge in [0.1, 0.15) is 0 Å². The SMILES string of the molecule is CN(CC(=O)O)CC1CN(c2ncccc2F)CCO1. The molecule has 1 aromatic rings. The molecule has 110 valence electrons. The summed E-state index contributed by atoms with van der Waals surface area (Å²) in [6.07, 6.45) is 1.40. The number of morpholine rings is 1. The average molecular weight is 283 g/mol. The van der Waals surface area contributed by atoms with E-state index >= 15 is 0 Å². The van der Waals surface area contributed by atoms with Crippen molar-refractivity contribution in [3.8, 4) is 0 Å². The minimum Gasteiger partial charge on any atom is -0.480 e. The number of ether oxygens (including phenoxy) is 1. The molecule has 1 aromatic heterocycles. The van der Waals surface area contributed by atoms with Gasteiger partial charge in [0.25, 0.3) is 0 Å². The molecule has 1 aliphatic rings. The Bertz CT molecular complexity index is 472. The fraction of sp³-hybridized carbons (Fsp3) is 0.538. The van der Waals surface area contributed by atoms with Gasteiger partial charge >= 0.3 is 5.97 Å². The first-order valence-electron chi connectivity index (χ1n) is 6.43. The van der Waals surface area contributed by atoms with Crippen LogP contribution in [-0.2, 0) is 9.53 Å². The second kappa shape index (κ2) is 6.62. The van der Waals surface area contributed by atoms with Crippen LogP contribution in [-0.4, -0.2) is 66.9 Å². The molecule has 20 heavy (non-hydrogen) atoms. The lowest BCUT2D eigenvalue weighted by molar-refractivity contribution is -0.138. The van der Waals surface area contributed by atoms with Gasteiger partial charge in [0.15, 0.2) is 11.6 Å². The van der Waals surface area contributed by atoms with E-state index in [9.17, 15) is 9.18 Å². The molecule has 1 unspecified atom stereocenters. The molecule has 2 heterocycles. The topological polar surface area (TPSA) is 65.9 Å². The van der Waals surface area contributed by atoms with E-state index in [-0.39, 0.29) is 18.5 Å². The van der Waals surface area contributed by atoms with Crippen LogP contribution >= 0.6 is 0 Å². The van der Waals surface area contributed by atoms with Crippen molar-refractivity contribution in [2.24, 2.45) is 0 Å². The highest BCUT2D eigenvalue weighted by atomic mass is 19.1. The van der Waals surface area contributed by atoms with Crippen LogP contribution in [0.1, 0.15) is 0 Å². The lowest BCUT2D eigenvalue weighted by Gasteiger charge is -2.35. The number of hydrogen-bond acceptors (Lipinski definition) is 5. The molecule has 1 N–H and O–H groups in total. The Kier molecular flexibility index (Phi) is 4.86. The van der Waals surface area contributed by atoms with E-state index in [0.717, 1.165) is 0 Å². The largest absolute Gasteiger partial charge is 0.480 e. The molecule has 0 aromatic carbocycles. The molecule has 2 rings (SSSR count). The second-order valence-corrected chi connectivity index (χ2v) is 4.84. The van der Waals surface area contributed by atoms with Gasteiger partial charge in [-0.1, -0.05) is 0 Å². The van der Waals surface area contributed by atoms with E-state index in [1.165, 1.54) is 6.07 Å². The first-order chi connectivity index (χ1) is 9.56. The smallest absolute Gasteiger partial charge is 0.317 e. The molecular weight excluding hydrogens is 265 g/mol. The Morgan fingerprint density at radius 1 is 1.70 bits per heavy atom. The fourth-order valence-electron chi connectivity index (χ4n) is 2.28. The van der Waals surface area contributed by atoms with Crippen molar-refractivity contribution in [2.75, 3.05) is 44.7 Å². The van der Waals surface area contributed by atoms with Crippen LogP contribution in [0.2, 0.25) is 0 Å².